The molecular formula is C21H18N4O2. The number of nitrogens with zero attached hydrogens (tertiary/aromatic N) is 3. The summed E-state index contributed by atoms with van der Waals surface area (Å²) in [6.45, 7) is 1.71. The third kappa shape index (κ3) is 3.64. The second-order valence-electron chi connectivity index (χ2n) is 6.07. The fourth-order valence-electron chi connectivity index (χ4n) is 2.74. The number of rotatable bonds is 5. The van der Waals surface area contributed by atoms with Crippen molar-refractivity contribution in [1.29, 1.82) is 0 Å². The molecule has 0 bridgehead atoms. The highest BCUT2D eigenvalue weighted by Gasteiger charge is 2.15. The molecule has 1 amide bonds. The maximum absolute atomic E-state index is 12.3. The van der Waals surface area contributed by atoms with Gasteiger partial charge in [0.05, 0.1) is 22.9 Å². The molecule has 0 fully saturated rings. The van der Waals surface area contributed by atoms with Gasteiger partial charge in [0.25, 0.3) is 5.91 Å². The zero-order valence-electron chi connectivity index (χ0n) is 14.7. The lowest BCUT2D eigenvalue weighted by Crippen LogP contribution is -2.30. The van der Waals surface area contributed by atoms with Crippen LogP contribution in [0.3, 0.4) is 0 Å². The van der Waals surface area contributed by atoms with Crippen molar-refractivity contribution in [2.24, 2.45) is 0 Å². The van der Waals surface area contributed by atoms with E-state index >= 15 is 0 Å². The molecule has 134 valence electrons. The van der Waals surface area contributed by atoms with Gasteiger partial charge in [-0.2, -0.15) is 0 Å². The highest BCUT2D eigenvalue weighted by atomic mass is 16.5. The standard InChI is InChI=1S/C21H18N4O2/c1-15(27-17-7-3-2-4-8-17)21(26)24-16-11-12-20(22-13-16)25-14-23-18-9-5-6-10-19(18)25/h2-15H,1H3,(H,24,26). The normalized spacial score (nSPS) is 11.9. The molecule has 0 spiro atoms. The van der Waals surface area contributed by atoms with Crippen LogP contribution < -0.4 is 10.1 Å². The summed E-state index contributed by atoms with van der Waals surface area (Å²) in [6.07, 6.45) is 2.74. The number of carbonyl (C=O) groups is 1. The van der Waals surface area contributed by atoms with Gasteiger partial charge in [-0.1, -0.05) is 30.3 Å². The number of aromatic nitrogens is 3. The molecule has 4 rings (SSSR count). The molecule has 6 heteroatoms. The van der Waals surface area contributed by atoms with Crippen molar-refractivity contribution in [3.05, 3.63) is 79.3 Å². The monoisotopic (exact) mass is 358 g/mol. The first-order valence-corrected chi connectivity index (χ1v) is 8.62. The minimum absolute atomic E-state index is 0.235. The maximum atomic E-state index is 12.3. The van der Waals surface area contributed by atoms with E-state index < -0.39 is 6.10 Å². The third-order valence-electron chi connectivity index (χ3n) is 4.14. The SMILES string of the molecule is CC(Oc1ccccc1)C(=O)Nc1ccc(-n2cnc3ccccc32)nc1. The maximum Gasteiger partial charge on any atom is 0.265 e. The Morgan fingerprint density at radius 2 is 1.78 bits per heavy atom. The summed E-state index contributed by atoms with van der Waals surface area (Å²) in [5.74, 6) is 1.15. The van der Waals surface area contributed by atoms with Gasteiger partial charge in [0.1, 0.15) is 17.9 Å². The van der Waals surface area contributed by atoms with Gasteiger partial charge in [0.2, 0.25) is 0 Å². The number of carbonyl (C=O) groups excluding carboxylic acids is 1. The number of imidazole rings is 1. The Morgan fingerprint density at radius 1 is 1.00 bits per heavy atom. The molecule has 2 aromatic carbocycles. The smallest absolute Gasteiger partial charge is 0.265 e. The molecule has 0 aliphatic heterocycles. The first-order valence-electron chi connectivity index (χ1n) is 8.62. The summed E-state index contributed by atoms with van der Waals surface area (Å²) in [5.41, 5.74) is 2.49. The van der Waals surface area contributed by atoms with Crippen LogP contribution in [0, 0.1) is 0 Å². The quantitative estimate of drug-likeness (QED) is 0.589. The first-order chi connectivity index (χ1) is 13.2. The van der Waals surface area contributed by atoms with Gasteiger partial charge in [-0.25, -0.2) is 9.97 Å². The highest BCUT2D eigenvalue weighted by Crippen LogP contribution is 2.18. The Balaban J connectivity index is 1.45. The highest BCUT2D eigenvalue weighted by molar-refractivity contribution is 5.94. The van der Waals surface area contributed by atoms with Crippen molar-refractivity contribution in [2.45, 2.75) is 13.0 Å². The van der Waals surface area contributed by atoms with E-state index in [1.54, 1.807) is 19.4 Å². The van der Waals surface area contributed by atoms with Crippen molar-refractivity contribution in [2.75, 3.05) is 5.32 Å². The predicted molar refractivity (Wildman–Crippen MR) is 104 cm³/mol. The number of fused-ring (bicyclic) bond motifs is 1. The second-order valence-corrected chi connectivity index (χ2v) is 6.07. The van der Waals surface area contributed by atoms with Gasteiger partial charge >= 0.3 is 0 Å². The molecular weight excluding hydrogens is 340 g/mol. The number of hydrogen-bond acceptors (Lipinski definition) is 4. The fraction of sp³-hybridized carbons (Fsp3) is 0.0952. The van der Waals surface area contributed by atoms with Crippen molar-refractivity contribution < 1.29 is 9.53 Å². The summed E-state index contributed by atoms with van der Waals surface area (Å²) >= 11 is 0. The number of benzene rings is 2. The zero-order valence-corrected chi connectivity index (χ0v) is 14.7. The lowest BCUT2D eigenvalue weighted by Gasteiger charge is -2.14. The van der Waals surface area contributed by atoms with Crippen molar-refractivity contribution in [1.82, 2.24) is 14.5 Å². The van der Waals surface area contributed by atoms with Gasteiger partial charge in [-0.3, -0.25) is 9.36 Å². The van der Waals surface area contributed by atoms with E-state index in [1.807, 2.05) is 71.3 Å². The average Bonchev–Trinajstić information content (AvgIpc) is 3.13. The van der Waals surface area contributed by atoms with Crippen LogP contribution in [0.5, 0.6) is 5.75 Å². The largest absolute Gasteiger partial charge is 0.481 e. The second kappa shape index (κ2) is 7.29. The Bertz CT molecular complexity index is 1060. The van der Waals surface area contributed by atoms with E-state index in [0.29, 0.717) is 11.4 Å². The Kier molecular flexibility index (Phi) is 4.53. The van der Waals surface area contributed by atoms with Crippen molar-refractivity contribution >= 4 is 22.6 Å². The van der Waals surface area contributed by atoms with Crippen LogP contribution in [0.25, 0.3) is 16.9 Å². The van der Waals surface area contributed by atoms with E-state index in [2.05, 4.69) is 15.3 Å². The number of anilines is 1. The van der Waals surface area contributed by atoms with Crippen molar-refractivity contribution in [3.63, 3.8) is 0 Å². The molecule has 1 N–H and O–H groups in total. The van der Waals surface area contributed by atoms with Crippen LogP contribution in [0.15, 0.2) is 79.3 Å². The molecule has 0 aliphatic carbocycles. The van der Waals surface area contributed by atoms with Crippen LogP contribution in [0.4, 0.5) is 5.69 Å². The van der Waals surface area contributed by atoms with Gasteiger partial charge in [-0.05, 0) is 43.3 Å². The summed E-state index contributed by atoms with van der Waals surface area (Å²) in [7, 11) is 0. The van der Waals surface area contributed by atoms with Crippen LogP contribution in [0.1, 0.15) is 6.92 Å². The van der Waals surface area contributed by atoms with E-state index in [0.717, 1.165) is 16.9 Å². The van der Waals surface area contributed by atoms with Crippen LogP contribution in [-0.4, -0.2) is 26.5 Å². The number of para-hydroxylation sites is 3. The number of pyridine rings is 1. The molecule has 1 unspecified atom stereocenters. The number of hydrogen-bond donors (Lipinski definition) is 1. The summed E-state index contributed by atoms with van der Waals surface area (Å²) in [4.78, 5) is 21.1. The van der Waals surface area contributed by atoms with Gasteiger partial charge < -0.3 is 10.1 Å². The molecule has 2 aromatic heterocycles. The van der Waals surface area contributed by atoms with Gasteiger partial charge in [-0.15, -0.1) is 0 Å². The lowest BCUT2D eigenvalue weighted by atomic mass is 10.3. The molecule has 0 saturated carbocycles. The Labute approximate surface area is 156 Å². The van der Waals surface area contributed by atoms with E-state index in [1.165, 1.54) is 0 Å². The van der Waals surface area contributed by atoms with Crippen LogP contribution >= 0.6 is 0 Å². The van der Waals surface area contributed by atoms with E-state index in [9.17, 15) is 4.79 Å². The average molecular weight is 358 g/mol. The zero-order chi connectivity index (χ0) is 18.6. The number of ether oxygens (including phenoxy) is 1. The minimum atomic E-state index is -0.621. The molecule has 6 nitrogen and oxygen atoms in total. The van der Waals surface area contributed by atoms with E-state index in [-0.39, 0.29) is 5.91 Å². The first kappa shape index (κ1) is 16.8. The third-order valence-corrected chi connectivity index (χ3v) is 4.14. The molecule has 2 heterocycles. The predicted octanol–water partition coefficient (Wildman–Crippen LogP) is 3.83. The van der Waals surface area contributed by atoms with Crippen molar-refractivity contribution in [3.8, 4) is 11.6 Å². The molecule has 0 saturated heterocycles. The van der Waals surface area contributed by atoms with Gasteiger partial charge in [0.15, 0.2) is 6.10 Å². The summed E-state index contributed by atoms with van der Waals surface area (Å²) in [5, 5.41) is 2.82. The number of nitrogens with one attached hydrogen (secondary N) is 1. The molecule has 4 aromatic rings. The summed E-state index contributed by atoms with van der Waals surface area (Å²) < 4.78 is 7.54. The summed E-state index contributed by atoms with van der Waals surface area (Å²) in [6, 6.07) is 20.8. The topological polar surface area (TPSA) is 69.0 Å². The molecule has 0 aliphatic rings. The van der Waals surface area contributed by atoms with Crippen LogP contribution in [0.2, 0.25) is 0 Å². The number of amides is 1. The Hall–Kier alpha value is -3.67. The molecule has 27 heavy (non-hydrogen) atoms. The molecule has 0 radical (unpaired) electrons. The van der Waals surface area contributed by atoms with Gasteiger partial charge in [0, 0.05) is 0 Å². The molecule has 1 atom stereocenters. The minimum Gasteiger partial charge on any atom is -0.481 e. The van der Waals surface area contributed by atoms with E-state index in [4.69, 9.17) is 4.74 Å². The fourth-order valence-corrected chi connectivity index (χ4v) is 2.74. The van der Waals surface area contributed by atoms with Crippen LogP contribution in [-0.2, 0) is 4.79 Å². The Morgan fingerprint density at radius 3 is 2.56 bits per heavy atom. The lowest BCUT2D eigenvalue weighted by molar-refractivity contribution is -0.122.